The number of hydrogen-bond donors (Lipinski definition) is 1. The highest BCUT2D eigenvalue weighted by atomic mass is 16.5. The molecule has 0 aliphatic carbocycles. The summed E-state index contributed by atoms with van der Waals surface area (Å²) >= 11 is 0. The SMILES string of the molecule is CCOc1cccc(NCC(COC)OC)n1. The molecule has 96 valence electrons. The molecular formula is C12H20N2O3. The molecule has 0 aromatic carbocycles. The van der Waals surface area contributed by atoms with Crippen LogP contribution in [0.5, 0.6) is 5.88 Å². The van der Waals surface area contributed by atoms with Gasteiger partial charge in [-0.05, 0) is 13.0 Å². The largest absolute Gasteiger partial charge is 0.478 e. The zero-order chi connectivity index (χ0) is 12.5. The van der Waals surface area contributed by atoms with E-state index in [0.29, 0.717) is 25.6 Å². The summed E-state index contributed by atoms with van der Waals surface area (Å²) in [5.74, 6) is 1.40. The van der Waals surface area contributed by atoms with Gasteiger partial charge >= 0.3 is 0 Å². The molecule has 0 spiro atoms. The first kappa shape index (κ1) is 13.7. The topological polar surface area (TPSA) is 52.6 Å². The Balaban J connectivity index is 2.47. The number of hydrogen-bond acceptors (Lipinski definition) is 5. The Morgan fingerprint density at radius 1 is 1.35 bits per heavy atom. The lowest BCUT2D eigenvalue weighted by Gasteiger charge is -2.15. The summed E-state index contributed by atoms with van der Waals surface area (Å²) in [7, 11) is 3.31. The molecule has 0 aliphatic rings. The molecule has 0 aliphatic heterocycles. The zero-order valence-corrected chi connectivity index (χ0v) is 10.6. The number of anilines is 1. The Morgan fingerprint density at radius 3 is 2.82 bits per heavy atom. The molecule has 5 nitrogen and oxygen atoms in total. The van der Waals surface area contributed by atoms with Crippen LogP contribution in [0.25, 0.3) is 0 Å². The van der Waals surface area contributed by atoms with Crippen LogP contribution in [0.1, 0.15) is 6.92 Å². The molecule has 5 heteroatoms. The van der Waals surface area contributed by atoms with Crippen LogP contribution >= 0.6 is 0 Å². The fourth-order valence-corrected chi connectivity index (χ4v) is 1.36. The number of methoxy groups -OCH3 is 2. The third kappa shape index (κ3) is 5.01. The van der Waals surface area contributed by atoms with Gasteiger partial charge in [0.2, 0.25) is 5.88 Å². The summed E-state index contributed by atoms with van der Waals surface area (Å²) in [5.41, 5.74) is 0. The quantitative estimate of drug-likeness (QED) is 0.747. The summed E-state index contributed by atoms with van der Waals surface area (Å²) in [6.45, 7) is 3.74. The third-order valence-corrected chi connectivity index (χ3v) is 2.21. The summed E-state index contributed by atoms with van der Waals surface area (Å²) < 4.78 is 15.6. The molecule has 0 radical (unpaired) electrons. The number of ether oxygens (including phenoxy) is 3. The maximum absolute atomic E-state index is 5.32. The van der Waals surface area contributed by atoms with Gasteiger partial charge in [-0.25, -0.2) is 0 Å². The van der Waals surface area contributed by atoms with E-state index in [4.69, 9.17) is 14.2 Å². The van der Waals surface area contributed by atoms with Crippen LogP contribution in [-0.4, -0.2) is 45.1 Å². The van der Waals surface area contributed by atoms with Gasteiger partial charge in [0, 0.05) is 26.8 Å². The van der Waals surface area contributed by atoms with Crippen molar-refractivity contribution in [2.45, 2.75) is 13.0 Å². The number of pyridine rings is 1. The van der Waals surface area contributed by atoms with Crippen LogP contribution in [0.2, 0.25) is 0 Å². The first-order valence-electron chi connectivity index (χ1n) is 5.65. The van der Waals surface area contributed by atoms with Crippen molar-refractivity contribution in [2.75, 3.05) is 39.3 Å². The van der Waals surface area contributed by atoms with E-state index < -0.39 is 0 Å². The van der Waals surface area contributed by atoms with Gasteiger partial charge in [-0.1, -0.05) is 6.07 Å². The highest BCUT2D eigenvalue weighted by Gasteiger charge is 2.06. The fourth-order valence-electron chi connectivity index (χ4n) is 1.36. The number of nitrogens with one attached hydrogen (secondary N) is 1. The van der Waals surface area contributed by atoms with Gasteiger partial charge in [0.05, 0.1) is 19.3 Å². The van der Waals surface area contributed by atoms with E-state index in [0.717, 1.165) is 5.82 Å². The second-order valence-corrected chi connectivity index (χ2v) is 3.49. The van der Waals surface area contributed by atoms with Gasteiger partial charge in [0.1, 0.15) is 5.82 Å². The minimum Gasteiger partial charge on any atom is -0.478 e. The lowest BCUT2D eigenvalue weighted by Crippen LogP contribution is -2.26. The summed E-state index contributed by atoms with van der Waals surface area (Å²) in [6.07, 6.45) is 0.0116. The number of aromatic nitrogens is 1. The minimum atomic E-state index is 0.0116. The first-order valence-corrected chi connectivity index (χ1v) is 5.65. The van der Waals surface area contributed by atoms with E-state index in [9.17, 15) is 0 Å². The van der Waals surface area contributed by atoms with E-state index in [1.807, 2.05) is 25.1 Å². The molecule has 1 unspecified atom stereocenters. The molecule has 1 atom stereocenters. The second kappa shape index (κ2) is 7.86. The average molecular weight is 240 g/mol. The lowest BCUT2D eigenvalue weighted by atomic mass is 10.3. The van der Waals surface area contributed by atoms with Crippen molar-refractivity contribution < 1.29 is 14.2 Å². The van der Waals surface area contributed by atoms with E-state index in [1.54, 1.807) is 14.2 Å². The molecule has 1 N–H and O–H groups in total. The van der Waals surface area contributed by atoms with Crippen LogP contribution < -0.4 is 10.1 Å². The van der Waals surface area contributed by atoms with E-state index in [-0.39, 0.29) is 6.10 Å². The number of rotatable bonds is 8. The maximum Gasteiger partial charge on any atom is 0.215 e. The maximum atomic E-state index is 5.32. The van der Waals surface area contributed by atoms with Gasteiger partial charge < -0.3 is 19.5 Å². The van der Waals surface area contributed by atoms with Gasteiger partial charge in [-0.2, -0.15) is 4.98 Å². The highest BCUT2D eigenvalue weighted by Crippen LogP contribution is 2.11. The minimum absolute atomic E-state index is 0.0116. The predicted octanol–water partition coefficient (Wildman–Crippen LogP) is 1.55. The summed E-state index contributed by atoms with van der Waals surface area (Å²) in [5, 5.41) is 3.18. The summed E-state index contributed by atoms with van der Waals surface area (Å²) in [6, 6.07) is 5.62. The average Bonchev–Trinajstić information content (AvgIpc) is 2.35. The Hall–Kier alpha value is -1.33. The number of nitrogens with zero attached hydrogens (tertiary/aromatic N) is 1. The molecule has 0 saturated carbocycles. The molecule has 1 aromatic rings. The molecule has 1 aromatic heterocycles. The Morgan fingerprint density at radius 2 is 2.18 bits per heavy atom. The van der Waals surface area contributed by atoms with Crippen molar-refractivity contribution in [1.29, 1.82) is 0 Å². The normalized spacial score (nSPS) is 12.2. The van der Waals surface area contributed by atoms with E-state index in [2.05, 4.69) is 10.3 Å². The van der Waals surface area contributed by atoms with Crippen molar-refractivity contribution in [3.63, 3.8) is 0 Å². The molecule has 1 heterocycles. The van der Waals surface area contributed by atoms with Crippen LogP contribution in [0.3, 0.4) is 0 Å². The molecule has 0 saturated heterocycles. The smallest absolute Gasteiger partial charge is 0.215 e. The Kier molecular flexibility index (Phi) is 6.35. The van der Waals surface area contributed by atoms with Crippen LogP contribution in [0.4, 0.5) is 5.82 Å². The summed E-state index contributed by atoms with van der Waals surface area (Å²) in [4.78, 5) is 4.30. The van der Waals surface area contributed by atoms with Crippen molar-refractivity contribution in [3.05, 3.63) is 18.2 Å². The molecule has 17 heavy (non-hydrogen) atoms. The Bertz CT molecular complexity index is 320. The third-order valence-electron chi connectivity index (χ3n) is 2.21. The highest BCUT2D eigenvalue weighted by molar-refractivity contribution is 5.37. The first-order chi connectivity index (χ1) is 8.30. The van der Waals surface area contributed by atoms with E-state index in [1.165, 1.54) is 0 Å². The van der Waals surface area contributed by atoms with Crippen molar-refractivity contribution in [2.24, 2.45) is 0 Å². The zero-order valence-electron chi connectivity index (χ0n) is 10.6. The molecule has 1 rings (SSSR count). The van der Waals surface area contributed by atoms with Gasteiger partial charge in [0.15, 0.2) is 0 Å². The lowest BCUT2D eigenvalue weighted by molar-refractivity contribution is 0.0365. The van der Waals surface area contributed by atoms with Crippen LogP contribution in [0, 0.1) is 0 Å². The second-order valence-electron chi connectivity index (χ2n) is 3.49. The monoisotopic (exact) mass is 240 g/mol. The Labute approximate surface area is 102 Å². The van der Waals surface area contributed by atoms with E-state index >= 15 is 0 Å². The fraction of sp³-hybridized carbons (Fsp3) is 0.583. The standard InChI is InChI=1S/C12H20N2O3/c1-4-17-12-7-5-6-11(14-12)13-8-10(16-3)9-15-2/h5-7,10H,4,8-9H2,1-3H3,(H,13,14). The van der Waals surface area contributed by atoms with Gasteiger partial charge in [-0.3, -0.25) is 0 Å². The molecule has 0 fully saturated rings. The molecule has 0 amide bonds. The van der Waals surface area contributed by atoms with Crippen molar-refractivity contribution in [3.8, 4) is 5.88 Å². The predicted molar refractivity (Wildman–Crippen MR) is 66.6 cm³/mol. The molecule has 0 bridgehead atoms. The van der Waals surface area contributed by atoms with Crippen LogP contribution in [0.15, 0.2) is 18.2 Å². The molecular weight excluding hydrogens is 220 g/mol. The van der Waals surface area contributed by atoms with Crippen molar-refractivity contribution in [1.82, 2.24) is 4.98 Å². The van der Waals surface area contributed by atoms with Crippen LogP contribution in [-0.2, 0) is 9.47 Å². The van der Waals surface area contributed by atoms with Gasteiger partial charge in [0.25, 0.3) is 0 Å². The van der Waals surface area contributed by atoms with Gasteiger partial charge in [-0.15, -0.1) is 0 Å². The van der Waals surface area contributed by atoms with Crippen molar-refractivity contribution >= 4 is 5.82 Å².